The molecule has 1 N–H and O–H groups in total. The summed E-state index contributed by atoms with van der Waals surface area (Å²) >= 11 is 0. The van der Waals surface area contributed by atoms with Gasteiger partial charge in [-0.15, -0.1) is 0 Å². The first-order valence-corrected chi connectivity index (χ1v) is 14.5. The lowest BCUT2D eigenvalue weighted by atomic mass is 9.36. The lowest BCUT2D eigenvalue weighted by molar-refractivity contribution is -0.170. The fraction of sp³-hybridized carbons (Fsp3) is 0.719. The number of hydrogen-bond donors (Lipinski definition) is 1. The van der Waals surface area contributed by atoms with Crippen molar-refractivity contribution < 1.29 is 19.2 Å². The summed E-state index contributed by atoms with van der Waals surface area (Å²) in [6, 6.07) is 0. The van der Waals surface area contributed by atoms with Crippen LogP contribution in [0.1, 0.15) is 85.9 Å². The van der Waals surface area contributed by atoms with Crippen LogP contribution >= 0.6 is 0 Å². The standard InChI is InChI=1S/C32H44N2O4/c1-19-10-13-32(27(36)37-7)15-14-29(4)21(25(32)20(19)2)8-9-24-30(29,5)12-11-23-28(3,17-35)16-22(31(23,24)6)26-33-18-38-34-26/h8,11,16,18-20,24-25,35H,9-10,12-15,17H2,1-7H3/t19-,20+,24+,25-,28+,29-,30-,31+,32+/m1/s1. The van der Waals surface area contributed by atoms with Gasteiger partial charge in [0.1, 0.15) is 0 Å². The molecule has 1 aromatic rings. The normalized spacial score (nSPS) is 47.5. The first kappa shape index (κ1) is 26.0. The highest BCUT2D eigenvalue weighted by Crippen LogP contribution is 2.76. The van der Waals surface area contributed by atoms with Crippen molar-refractivity contribution in [1.82, 2.24) is 10.1 Å². The second kappa shape index (κ2) is 8.16. The fourth-order valence-corrected chi connectivity index (χ4v) is 10.3. The molecule has 5 aliphatic rings. The average Bonchev–Trinajstić information content (AvgIpc) is 3.51. The van der Waals surface area contributed by atoms with Crippen LogP contribution in [0.3, 0.4) is 0 Å². The van der Waals surface area contributed by atoms with Crippen LogP contribution in [-0.2, 0) is 9.53 Å². The largest absolute Gasteiger partial charge is 0.469 e. The molecule has 5 aliphatic carbocycles. The van der Waals surface area contributed by atoms with Crippen molar-refractivity contribution in [2.75, 3.05) is 13.7 Å². The topological polar surface area (TPSA) is 85.5 Å². The third-order valence-electron chi connectivity index (χ3n) is 12.9. The van der Waals surface area contributed by atoms with E-state index in [0.717, 1.165) is 44.1 Å². The van der Waals surface area contributed by atoms with Crippen molar-refractivity contribution in [2.24, 2.45) is 50.7 Å². The number of aromatic nitrogens is 2. The van der Waals surface area contributed by atoms with Crippen LogP contribution in [0.25, 0.3) is 5.57 Å². The zero-order valence-electron chi connectivity index (χ0n) is 24.1. The third-order valence-corrected chi connectivity index (χ3v) is 12.9. The fourth-order valence-electron chi connectivity index (χ4n) is 10.3. The van der Waals surface area contributed by atoms with Crippen LogP contribution in [0.5, 0.6) is 0 Å². The molecule has 6 rings (SSSR count). The molecule has 2 saturated carbocycles. The van der Waals surface area contributed by atoms with E-state index in [1.165, 1.54) is 17.5 Å². The zero-order valence-corrected chi connectivity index (χ0v) is 24.1. The SMILES string of the molecule is COC(=O)[C@]12CC[C@@H](C)[C@H](C)[C@@H]1C1=CC[C@@H]3[C@@]4(C)C(c5ncon5)=C[C@@](C)(CO)C4=CC[C@@]3(C)[C@]1(C)CC2. The maximum Gasteiger partial charge on any atom is 0.312 e. The van der Waals surface area contributed by atoms with Crippen molar-refractivity contribution >= 4 is 11.5 Å². The van der Waals surface area contributed by atoms with Crippen molar-refractivity contribution in [3.05, 3.63) is 41.6 Å². The maximum atomic E-state index is 13.5. The van der Waals surface area contributed by atoms with Gasteiger partial charge in [-0.05, 0) is 73.0 Å². The van der Waals surface area contributed by atoms with E-state index in [0.29, 0.717) is 23.6 Å². The minimum Gasteiger partial charge on any atom is -0.469 e. The molecular formula is C32H44N2O4. The van der Waals surface area contributed by atoms with Gasteiger partial charge in [0.15, 0.2) is 5.82 Å². The maximum absolute atomic E-state index is 13.5. The Morgan fingerprint density at radius 1 is 1.16 bits per heavy atom. The number of allylic oxidation sites excluding steroid dienone is 4. The van der Waals surface area contributed by atoms with Gasteiger partial charge in [0, 0.05) is 16.4 Å². The molecule has 38 heavy (non-hydrogen) atoms. The Hall–Kier alpha value is -2.21. The number of rotatable bonds is 3. The predicted molar refractivity (Wildman–Crippen MR) is 145 cm³/mol. The molecule has 2 fully saturated rings. The summed E-state index contributed by atoms with van der Waals surface area (Å²) in [5.41, 5.74) is 2.61. The summed E-state index contributed by atoms with van der Waals surface area (Å²) in [5.74, 6) is 2.15. The predicted octanol–water partition coefficient (Wildman–Crippen LogP) is 6.40. The van der Waals surface area contributed by atoms with Crippen LogP contribution in [0.4, 0.5) is 0 Å². The van der Waals surface area contributed by atoms with Crippen LogP contribution in [-0.4, -0.2) is 34.9 Å². The molecule has 0 amide bonds. The van der Waals surface area contributed by atoms with Gasteiger partial charge in [0.05, 0.1) is 19.1 Å². The summed E-state index contributed by atoms with van der Waals surface area (Å²) in [5, 5.41) is 14.8. The minimum absolute atomic E-state index is 0.00824. The number of carbonyl (C=O) groups excluding carboxylic acids is 1. The number of methoxy groups -OCH3 is 1. The Kier molecular flexibility index (Phi) is 5.59. The summed E-state index contributed by atoms with van der Waals surface area (Å²) in [6.07, 6.45) is 14.3. The van der Waals surface area contributed by atoms with E-state index < -0.39 is 10.8 Å². The Balaban J connectivity index is 1.51. The molecule has 6 heteroatoms. The van der Waals surface area contributed by atoms with Crippen LogP contribution in [0.15, 0.2) is 40.3 Å². The highest BCUT2D eigenvalue weighted by atomic mass is 16.5. The molecule has 1 heterocycles. The molecule has 6 nitrogen and oxygen atoms in total. The Labute approximate surface area is 227 Å². The molecule has 0 aromatic carbocycles. The average molecular weight is 521 g/mol. The van der Waals surface area contributed by atoms with E-state index in [4.69, 9.17) is 9.26 Å². The lowest BCUT2D eigenvalue weighted by Crippen LogP contribution is -2.61. The molecule has 0 spiro atoms. The second-order valence-electron chi connectivity index (χ2n) is 14.1. The Morgan fingerprint density at radius 3 is 2.58 bits per heavy atom. The molecular weight excluding hydrogens is 476 g/mol. The van der Waals surface area contributed by atoms with Gasteiger partial charge in [0.2, 0.25) is 6.39 Å². The van der Waals surface area contributed by atoms with Crippen molar-refractivity contribution in [3.63, 3.8) is 0 Å². The quantitative estimate of drug-likeness (QED) is 0.367. The first-order valence-electron chi connectivity index (χ1n) is 14.5. The van der Waals surface area contributed by atoms with Gasteiger partial charge in [-0.1, -0.05) is 76.1 Å². The summed E-state index contributed by atoms with van der Waals surface area (Å²) < 4.78 is 10.7. The summed E-state index contributed by atoms with van der Waals surface area (Å²) in [6.45, 7) is 14.2. The Morgan fingerprint density at radius 2 is 1.92 bits per heavy atom. The van der Waals surface area contributed by atoms with Crippen molar-refractivity contribution in [2.45, 2.75) is 80.1 Å². The van der Waals surface area contributed by atoms with Gasteiger partial charge in [0.25, 0.3) is 0 Å². The van der Waals surface area contributed by atoms with Gasteiger partial charge in [-0.3, -0.25) is 4.79 Å². The number of carbonyl (C=O) groups is 1. The number of aliphatic hydroxyl groups is 1. The highest BCUT2D eigenvalue weighted by Gasteiger charge is 2.69. The van der Waals surface area contributed by atoms with E-state index in [1.807, 2.05) is 0 Å². The smallest absolute Gasteiger partial charge is 0.312 e. The molecule has 206 valence electrons. The minimum atomic E-state index is -0.448. The van der Waals surface area contributed by atoms with E-state index in [1.54, 1.807) is 7.11 Å². The first-order chi connectivity index (χ1) is 17.9. The van der Waals surface area contributed by atoms with Crippen molar-refractivity contribution in [3.8, 4) is 0 Å². The number of nitrogens with zero attached hydrogens (tertiary/aromatic N) is 2. The molecule has 0 bridgehead atoms. The second-order valence-corrected chi connectivity index (χ2v) is 14.1. The number of hydrogen-bond acceptors (Lipinski definition) is 6. The summed E-state index contributed by atoms with van der Waals surface area (Å²) in [4.78, 5) is 18.0. The monoisotopic (exact) mass is 520 g/mol. The van der Waals surface area contributed by atoms with Crippen LogP contribution < -0.4 is 0 Å². The Bertz CT molecular complexity index is 1250. The van der Waals surface area contributed by atoms with Crippen LogP contribution in [0, 0.1) is 50.7 Å². The molecule has 0 radical (unpaired) electrons. The van der Waals surface area contributed by atoms with Gasteiger partial charge >= 0.3 is 5.97 Å². The van der Waals surface area contributed by atoms with E-state index >= 15 is 0 Å². The van der Waals surface area contributed by atoms with Crippen molar-refractivity contribution in [1.29, 1.82) is 0 Å². The molecule has 0 saturated heterocycles. The highest BCUT2D eigenvalue weighted by molar-refractivity contribution is 5.79. The molecule has 1 aromatic heterocycles. The lowest BCUT2D eigenvalue weighted by Gasteiger charge is -2.67. The number of ether oxygens (including phenoxy) is 1. The molecule has 0 aliphatic heterocycles. The van der Waals surface area contributed by atoms with Gasteiger partial charge in [-0.2, -0.15) is 4.98 Å². The zero-order chi connectivity index (χ0) is 27.3. The number of aliphatic hydroxyl groups excluding tert-OH is 1. The number of fused-ring (bicyclic) bond motifs is 7. The van der Waals surface area contributed by atoms with E-state index in [-0.39, 0.29) is 34.7 Å². The summed E-state index contributed by atoms with van der Waals surface area (Å²) in [7, 11) is 1.57. The molecule has 9 atom stereocenters. The third kappa shape index (κ3) is 2.91. The van der Waals surface area contributed by atoms with E-state index in [2.05, 4.69) is 69.9 Å². The van der Waals surface area contributed by atoms with Gasteiger partial charge < -0.3 is 14.4 Å². The van der Waals surface area contributed by atoms with E-state index in [9.17, 15) is 9.90 Å². The van der Waals surface area contributed by atoms with Crippen LogP contribution in [0.2, 0.25) is 0 Å². The number of esters is 1. The molecule has 0 unspecified atom stereocenters. The van der Waals surface area contributed by atoms with Gasteiger partial charge in [-0.25, -0.2) is 0 Å².